The topological polar surface area (TPSA) is 95.9 Å². The van der Waals surface area contributed by atoms with Gasteiger partial charge in [0, 0.05) is 34.1 Å². The number of carbonyl (C=O) groups excluding carboxylic acids is 2. The first kappa shape index (κ1) is 33.0. The molecule has 0 saturated heterocycles. The van der Waals surface area contributed by atoms with Crippen molar-refractivity contribution in [3.63, 3.8) is 0 Å². The Balaban J connectivity index is 1.41. The summed E-state index contributed by atoms with van der Waals surface area (Å²) < 4.78 is 6.97. The van der Waals surface area contributed by atoms with E-state index in [1.807, 2.05) is 42.5 Å². The average molecular weight is 722 g/mol. The monoisotopic (exact) mass is 720 g/mol. The summed E-state index contributed by atoms with van der Waals surface area (Å²) in [6, 6.07) is 28.1. The number of ether oxygens (including phenoxy) is 1. The van der Waals surface area contributed by atoms with Gasteiger partial charge in [-0.15, -0.1) is 0 Å². The van der Waals surface area contributed by atoms with E-state index in [0.717, 1.165) is 17.5 Å². The quantitative estimate of drug-likeness (QED) is 0.107. The molecule has 44 heavy (non-hydrogen) atoms. The number of nitrogens with zero attached hydrogens (tertiary/aromatic N) is 1. The normalized spacial score (nSPS) is 10.7. The number of para-hydroxylation sites is 1. The molecule has 0 bridgehead atoms. The number of amides is 2. The van der Waals surface area contributed by atoms with Crippen LogP contribution in [0.1, 0.15) is 58.8 Å². The molecule has 0 aromatic heterocycles. The Labute approximate surface area is 274 Å². The molecular formula is C35H34Br2N2O5. The third kappa shape index (κ3) is 9.53. The first-order valence-corrected chi connectivity index (χ1v) is 16.0. The van der Waals surface area contributed by atoms with Crippen LogP contribution in [0.4, 0.5) is 0 Å². The van der Waals surface area contributed by atoms with Crippen molar-refractivity contribution in [3.05, 3.63) is 128 Å². The van der Waals surface area contributed by atoms with E-state index in [4.69, 9.17) is 4.74 Å². The van der Waals surface area contributed by atoms with Crippen molar-refractivity contribution < 1.29 is 24.2 Å². The van der Waals surface area contributed by atoms with Gasteiger partial charge in [-0.3, -0.25) is 9.59 Å². The van der Waals surface area contributed by atoms with Gasteiger partial charge in [-0.25, -0.2) is 4.79 Å². The number of aryl methyl sites for hydroxylation is 1. The smallest absolute Gasteiger partial charge is 0.394 e. The highest BCUT2D eigenvalue weighted by Crippen LogP contribution is 2.30. The van der Waals surface area contributed by atoms with E-state index in [1.165, 1.54) is 29.7 Å². The molecule has 0 atom stereocenters. The zero-order valence-corrected chi connectivity index (χ0v) is 27.6. The average Bonchev–Trinajstić information content (AvgIpc) is 3.02. The molecule has 0 unspecified atom stereocenters. The Morgan fingerprint density at radius 3 is 1.98 bits per heavy atom. The van der Waals surface area contributed by atoms with Crippen LogP contribution >= 0.6 is 31.9 Å². The highest BCUT2D eigenvalue weighted by Gasteiger charge is 2.24. The minimum atomic E-state index is -1.55. The molecule has 4 aromatic rings. The van der Waals surface area contributed by atoms with E-state index in [9.17, 15) is 19.5 Å². The van der Waals surface area contributed by atoms with Gasteiger partial charge in [0.2, 0.25) is 0 Å². The summed E-state index contributed by atoms with van der Waals surface area (Å²) in [5, 5.41) is 12.5. The molecule has 0 spiro atoms. The van der Waals surface area contributed by atoms with Gasteiger partial charge in [0.25, 0.3) is 5.91 Å². The molecule has 228 valence electrons. The summed E-state index contributed by atoms with van der Waals surface area (Å²) in [6.45, 7) is 2.65. The fraction of sp³-hybridized carbons (Fsp3) is 0.229. The number of rotatable bonds is 13. The lowest BCUT2D eigenvalue weighted by Crippen LogP contribution is -2.35. The molecule has 9 heteroatoms. The highest BCUT2D eigenvalue weighted by atomic mass is 79.9. The molecule has 0 saturated carbocycles. The summed E-state index contributed by atoms with van der Waals surface area (Å²) in [5.74, 6) is -1.52. The zero-order valence-electron chi connectivity index (χ0n) is 24.4. The van der Waals surface area contributed by atoms with Crippen molar-refractivity contribution in [1.29, 1.82) is 0 Å². The molecule has 0 aliphatic carbocycles. The van der Waals surface area contributed by atoms with E-state index in [0.29, 0.717) is 38.1 Å². The molecule has 0 fully saturated rings. The van der Waals surface area contributed by atoms with Crippen LogP contribution in [0, 0.1) is 0 Å². The molecule has 7 nitrogen and oxygen atoms in total. The van der Waals surface area contributed by atoms with Gasteiger partial charge < -0.3 is 20.1 Å². The number of unbranched alkanes of at least 4 members (excludes halogenated alkanes) is 2. The van der Waals surface area contributed by atoms with Gasteiger partial charge in [0.15, 0.2) is 0 Å². The van der Waals surface area contributed by atoms with Crippen LogP contribution in [-0.4, -0.2) is 27.8 Å². The second kappa shape index (κ2) is 16.2. The van der Waals surface area contributed by atoms with Gasteiger partial charge in [-0.05, 0) is 71.5 Å². The van der Waals surface area contributed by atoms with Gasteiger partial charge in [-0.2, -0.15) is 0 Å². The van der Waals surface area contributed by atoms with E-state index >= 15 is 0 Å². The predicted molar refractivity (Wildman–Crippen MR) is 178 cm³/mol. The summed E-state index contributed by atoms with van der Waals surface area (Å²) in [7, 11) is 0. The number of halogens is 2. The van der Waals surface area contributed by atoms with Crippen molar-refractivity contribution in [2.75, 3.05) is 0 Å². The molecule has 0 radical (unpaired) electrons. The first-order chi connectivity index (χ1) is 21.2. The van der Waals surface area contributed by atoms with Crippen LogP contribution in [0.15, 0.2) is 99.9 Å². The van der Waals surface area contributed by atoms with Gasteiger partial charge >= 0.3 is 11.9 Å². The van der Waals surface area contributed by atoms with E-state index in [-0.39, 0.29) is 19.0 Å². The second-order valence-corrected chi connectivity index (χ2v) is 12.1. The number of benzene rings is 4. The Bertz CT molecular complexity index is 1550. The summed E-state index contributed by atoms with van der Waals surface area (Å²) in [5.41, 5.74) is 4.10. The number of hydrogen-bond acceptors (Lipinski definition) is 4. The van der Waals surface area contributed by atoms with Crippen molar-refractivity contribution in [2.24, 2.45) is 0 Å². The summed E-state index contributed by atoms with van der Waals surface area (Å²) in [6.07, 6.45) is 4.64. The fourth-order valence-corrected chi connectivity index (χ4v) is 6.04. The third-order valence-electron chi connectivity index (χ3n) is 7.04. The molecule has 4 aromatic carbocycles. The van der Waals surface area contributed by atoms with Crippen molar-refractivity contribution in [3.8, 4) is 11.5 Å². The van der Waals surface area contributed by atoms with Gasteiger partial charge in [-0.1, -0.05) is 106 Å². The Morgan fingerprint density at radius 2 is 1.36 bits per heavy atom. The zero-order chi connectivity index (χ0) is 31.5. The summed E-state index contributed by atoms with van der Waals surface area (Å²) in [4.78, 5) is 38.6. The maximum Gasteiger partial charge on any atom is 0.394 e. The first-order valence-electron chi connectivity index (χ1n) is 14.4. The van der Waals surface area contributed by atoms with Crippen LogP contribution in [0.2, 0.25) is 0 Å². The van der Waals surface area contributed by atoms with Crippen LogP contribution in [0.3, 0.4) is 0 Å². The third-order valence-corrected chi connectivity index (χ3v) is 8.46. The number of carboxylic acids is 1. The molecule has 0 aliphatic rings. The van der Waals surface area contributed by atoms with E-state index in [1.54, 1.807) is 36.4 Å². The Kier molecular flexibility index (Phi) is 12.1. The maximum absolute atomic E-state index is 13.0. The van der Waals surface area contributed by atoms with E-state index < -0.39 is 11.9 Å². The number of nitrogens with one attached hydrogen (secondary N) is 1. The molecule has 2 amide bonds. The number of hydrogen-bond donors (Lipinski definition) is 2. The van der Waals surface area contributed by atoms with Gasteiger partial charge in [0.05, 0.1) is 0 Å². The van der Waals surface area contributed by atoms with Crippen LogP contribution in [0.5, 0.6) is 11.5 Å². The molecule has 2 N–H and O–H groups in total. The number of carboxylic acid groups (broad SMARTS) is 1. The highest BCUT2D eigenvalue weighted by molar-refractivity contribution is 9.11. The predicted octanol–water partition coefficient (Wildman–Crippen LogP) is 8.28. The Morgan fingerprint density at radius 1 is 0.773 bits per heavy atom. The lowest BCUT2D eigenvalue weighted by Gasteiger charge is -2.23. The van der Waals surface area contributed by atoms with Crippen molar-refractivity contribution >= 4 is 49.6 Å². The van der Waals surface area contributed by atoms with Crippen molar-refractivity contribution in [1.82, 2.24) is 10.2 Å². The second-order valence-electron chi connectivity index (χ2n) is 10.4. The number of aliphatic carboxylic acids is 1. The van der Waals surface area contributed by atoms with E-state index in [2.05, 4.69) is 56.2 Å². The van der Waals surface area contributed by atoms with Crippen LogP contribution in [0.25, 0.3) is 0 Å². The lowest BCUT2D eigenvalue weighted by molar-refractivity contribution is -0.156. The van der Waals surface area contributed by atoms with Crippen LogP contribution < -0.4 is 10.1 Å². The lowest BCUT2D eigenvalue weighted by atomic mass is 10.1. The number of carbonyl (C=O) groups is 3. The summed E-state index contributed by atoms with van der Waals surface area (Å²) >= 11 is 7.05. The maximum atomic E-state index is 13.0. The largest absolute Gasteiger partial charge is 0.474 e. The standard InChI is InChI=1S/C35H34Br2N2O5/c1-2-3-5-8-24-11-13-25(14-12-24)21-38-33(40)27-19-31(36)30(32(37)20-27)23-39(34(41)35(42)43)22-26-15-17-29(18-16-26)44-28-9-6-4-7-10-28/h4,6-7,9-20H,2-3,5,8,21-23H2,1H3,(H,38,40)(H,42,43). The molecule has 4 rings (SSSR count). The molecule has 0 heterocycles. The molecular weight excluding hydrogens is 688 g/mol. The minimum Gasteiger partial charge on any atom is -0.474 e. The fourth-order valence-electron chi connectivity index (χ4n) is 4.61. The SMILES string of the molecule is CCCCCc1ccc(CNC(=O)c2cc(Br)c(CN(Cc3ccc(Oc4ccccc4)cc3)C(=O)C(=O)O)c(Br)c2)cc1. The van der Waals surface area contributed by atoms with Crippen LogP contribution in [-0.2, 0) is 35.6 Å². The Hall–Kier alpha value is -3.95. The van der Waals surface area contributed by atoms with Crippen molar-refractivity contribution in [2.45, 2.75) is 52.2 Å². The van der Waals surface area contributed by atoms with Gasteiger partial charge in [0.1, 0.15) is 11.5 Å². The molecule has 0 aliphatic heterocycles. The minimum absolute atomic E-state index is 0.00106.